The minimum atomic E-state index is -0.300. The molecule has 5 nitrogen and oxygen atoms in total. The van der Waals surface area contributed by atoms with Crippen molar-refractivity contribution in [2.24, 2.45) is 5.10 Å². The molecule has 0 aliphatic carbocycles. The van der Waals surface area contributed by atoms with Crippen molar-refractivity contribution in [3.05, 3.63) is 83.2 Å². The molecule has 0 unspecified atom stereocenters. The van der Waals surface area contributed by atoms with Crippen LogP contribution < -0.4 is 10.2 Å². The first-order valence-corrected chi connectivity index (χ1v) is 8.81. The Morgan fingerprint density at radius 1 is 1.07 bits per heavy atom. The number of amides is 1. The molecule has 3 aromatic rings. The normalized spacial score (nSPS) is 10.9. The molecule has 0 atom stereocenters. The van der Waals surface area contributed by atoms with Crippen LogP contribution in [0.2, 0.25) is 0 Å². The van der Waals surface area contributed by atoms with Gasteiger partial charge in [-0.3, -0.25) is 4.79 Å². The number of hydrazone groups is 1. The van der Waals surface area contributed by atoms with Crippen molar-refractivity contribution in [3.8, 4) is 11.4 Å². The number of carbonyl (C=O) groups is 1. The minimum Gasteiger partial charge on any atom is -0.483 e. The van der Waals surface area contributed by atoms with Gasteiger partial charge >= 0.3 is 0 Å². The molecule has 0 fully saturated rings. The zero-order chi connectivity index (χ0) is 19.2. The van der Waals surface area contributed by atoms with E-state index in [0.717, 1.165) is 28.2 Å². The quantitative estimate of drug-likeness (QED) is 0.534. The summed E-state index contributed by atoms with van der Waals surface area (Å²) in [6, 6.07) is 19.8. The van der Waals surface area contributed by atoms with Gasteiger partial charge in [-0.1, -0.05) is 36.4 Å². The van der Waals surface area contributed by atoms with E-state index in [4.69, 9.17) is 4.74 Å². The monoisotopic (exact) mass is 361 g/mol. The number of aromatic nitrogens is 1. The summed E-state index contributed by atoms with van der Waals surface area (Å²) in [6.45, 7) is 5.94. The predicted octanol–water partition coefficient (Wildman–Crippen LogP) is 3.93. The van der Waals surface area contributed by atoms with Gasteiger partial charge in [0.1, 0.15) is 5.75 Å². The Labute approximate surface area is 159 Å². The van der Waals surface area contributed by atoms with Gasteiger partial charge in [-0.25, -0.2) is 5.43 Å². The molecule has 3 rings (SSSR count). The van der Waals surface area contributed by atoms with Crippen molar-refractivity contribution >= 4 is 12.1 Å². The van der Waals surface area contributed by atoms with Gasteiger partial charge in [0.05, 0.1) is 6.21 Å². The summed E-state index contributed by atoms with van der Waals surface area (Å²) in [5.41, 5.74) is 7.72. The summed E-state index contributed by atoms with van der Waals surface area (Å²) in [7, 11) is 0. The van der Waals surface area contributed by atoms with Crippen LogP contribution in [0.25, 0.3) is 5.69 Å². The smallest absolute Gasteiger partial charge is 0.277 e. The van der Waals surface area contributed by atoms with Crippen molar-refractivity contribution in [1.82, 2.24) is 9.99 Å². The van der Waals surface area contributed by atoms with E-state index < -0.39 is 0 Å². The highest BCUT2D eigenvalue weighted by Crippen LogP contribution is 2.19. The van der Waals surface area contributed by atoms with E-state index in [1.165, 1.54) is 0 Å². The number of benzene rings is 2. The molecule has 0 aliphatic heterocycles. The third-order valence-corrected chi connectivity index (χ3v) is 4.33. The van der Waals surface area contributed by atoms with E-state index in [-0.39, 0.29) is 12.5 Å². The maximum Gasteiger partial charge on any atom is 0.277 e. The second-order valence-electron chi connectivity index (χ2n) is 6.34. The van der Waals surface area contributed by atoms with E-state index in [1.54, 1.807) is 6.21 Å². The Morgan fingerprint density at radius 3 is 2.52 bits per heavy atom. The van der Waals surface area contributed by atoms with Crippen molar-refractivity contribution in [2.75, 3.05) is 6.61 Å². The minimum absolute atomic E-state index is 0.0781. The average Bonchev–Trinajstić information content (AvgIpc) is 2.95. The van der Waals surface area contributed by atoms with Crippen molar-refractivity contribution < 1.29 is 9.53 Å². The molecular formula is C22H23N3O2. The van der Waals surface area contributed by atoms with Crippen LogP contribution in [0.1, 0.15) is 22.5 Å². The summed E-state index contributed by atoms with van der Waals surface area (Å²) < 4.78 is 7.67. The fourth-order valence-corrected chi connectivity index (χ4v) is 2.96. The van der Waals surface area contributed by atoms with E-state index in [9.17, 15) is 4.79 Å². The fourth-order valence-electron chi connectivity index (χ4n) is 2.96. The van der Waals surface area contributed by atoms with Crippen molar-refractivity contribution in [2.45, 2.75) is 20.8 Å². The molecule has 0 spiro atoms. The number of hydrogen-bond donors (Lipinski definition) is 1. The second-order valence-corrected chi connectivity index (χ2v) is 6.34. The van der Waals surface area contributed by atoms with Gasteiger partial charge in [0, 0.05) is 22.6 Å². The number of rotatable bonds is 6. The molecular weight excluding hydrogens is 338 g/mol. The number of ether oxygens (including phenoxy) is 1. The van der Waals surface area contributed by atoms with Gasteiger partial charge < -0.3 is 9.30 Å². The zero-order valence-corrected chi connectivity index (χ0v) is 15.8. The Kier molecular flexibility index (Phi) is 5.71. The fraction of sp³-hybridized carbons (Fsp3) is 0.182. The van der Waals surface area contributed by atoms with Crippen molar-refractivity contribution in [3.63, 3.8) is 0 Å². The molecule has 2 aromatic carbocycles. The Balaban J connectivity index is 1.62. The first kappa shape index (κ1) is 18.5. The van der Waals surface area contributed by atoms with Crippen LogP contribution in [0.3, 0.4) is 0 Å². The summed E-state index contributed by atoms with van der Waals surface area (Å²) in [6.07, 6.45) is 1.66. The number of carbonyl (C=O) groups excluding carboxylic acids is 1. The molecule has 0 saturated carbocycles. The molecule has 1 heterocycles. The van der Waals surface area contributed by atoms with Gasteiger partial charge in [0.2, 0.25) is 0 Å². The SMILES string of the molecule is Cc1ccccc1OCC(=O)N/N=C/c1cc(C)n(-c2ccccc2)c1C. The van der Waals surface area contributed by atoms with Crippen LogP contribution in [0.4, 0.5) is 0 Å². The van der Waals surface area contributed by atoms with Crippen molar-refractivity contribution in [1.29, 1.82) is 0 Å². The Morgan fingerprint density at radius 2 is 1.78 bits per heavy atom. The van der Waals surface area contributed by atoms with Crippen LogP contribution >= 0.6 is 0 Å². The van der Waals surface area contributed by atoms with E-state index in [0.29, 0.717) is 5.75 Å². The van der Waals surface area contributed by atoms with E-state index in [1.807, 2.05) is 69.3 Å². The summed E-state index contributed by atoms with van der Waals surface area (Å²) in [5.74, 6) is 0.398. The van der Waals surface area contributed by atoms with Gasteiger partial charge in [-0.15, -0.1) is 0 Å². The first-order chi connectivity index (χ1) is 13.1. The number of aryl methyl sites for hydroxylation is 2. The highest BCUT2D eigenvalue weighted by molar-refractivity contribution is 5.84. The standard InChI is InChI=1S/C22H23N3O2/c1-16-9-7-8-12-21(16)27-15-22(26)24-23-14-19-13-17(2)25(18(19)3)20-10-5-4-6-11-20/h4-14H,15H2,1-3H3,(H,24,26)/b23-14+. The summed E-state index contributed by atoms with van der Waals surface area (Å²) in [5, 5.41) is 4.07. The third kappa shape index (κ3) is 4.44. The number of para-hydroxylation sites is 2. The van der Waals surface area contributed by atoms with Gasteiger partial charge in [0.25, 0.3) is 5.91 Å². The number of hydrogen-bond acceptors (Lipinski definition) is 3. The Bertz CT molecular complexity index is 959. The van der Waals surface area contributed by atoms with Gasteiger partial charge in [-0.2, -0.15) is 5.10 Å². The van der Waals surface area contributed by atoms with Crippen LogP contribution in [-0.4, -0.2) is 23.3 Å². The molecule has 1 aromatic heterocycles. The second kappa shape index (κ2) is 8.36. The molecule has 138 valence electrons. The molecule has 1 N–H and O–H groups in total. The van der Waals surface area contributed by atoms with Gasteiger partial charge in [-0.05, 0) is 50.6 Å². The predicted molar refractivity (Wildman–Crippen MR) is 108 cm³/mol. The molecule has 1 amide bonds. The number of nitrogens with zero attached hydrogens (tertiary/aromatic N) is 2. The molecule has 5 heteroatoms. The highest BCUT2D eigenvalue weighted by Gasteiger charge is 2.09. The first-order valence-electron chi connectivity index (χ1n) is 8.81. The lowest BCUT2D eigenvalue weighted by Gasteiger charge is -2.09. The summed E-state index contributed by atoms with van der Waals surface area (Å²) >= 11 is 0. The van der Waals surface area contributed by atoms with Gasteiger partial charge in [0.15, 0.2) is 6.61 Å². The van der Waals surface area contributed by atoms with Crippen LogP contribution in [0.5, 0.6) is 5.75 Å². The summed E-state index contributed by atoms with van der Waals surface area (Å²) in [4.78, 5) is 11.9. The molecule has 0 saturated heterocycles. The lowest BCUT2D eigenvalue weighted by molar-refractivity contribution is -0.123. The lowest BCUT2D eigenvalue weighted by atomic mass is 10.2. The zero-order valence-electron chi connectivity index (χ0n) is 15.8. The van der Waals surface area contributed by atoms with E-state index >= 15 is 0 Å². The maximum absolute atomic E-state index is 11.9. The lowest BCUT2D eigenvalue weighted by Crippen LogP contribution is -2.24. The molecule has 0 bridgehead atoms. The van der Waals surface area contributed by atoms with Crippen LogP contribution in [0, 0.1) is 20.8 Å². The average molecular weight is 361 g/mol. The maximum atomic E-state index is 11.9. The van der Waals surface area contributed by atoms with E-state index in [2.05, 4.69) is 27.2 Å². The van der Waals surface area contributed by atoms with Crippen LogP contribution in [-0.2, 0) is 4.79 Å². The molecule has 27 heavy (non-hydrogen) atoms. The van der Waals surface area contributed by atoms with Crippen LogP contribution in [0.15, 0.2) is 65.8 Å². The molecule has 0 radical (unpaired) electrons. The highest BCUT2D eigenvalue weighted by atomic mass is 16.5. The largest absolute Gasteiger partial charge is 0.483 e. The Hall–Kier alpha value is -3.34. The third-order valence-electron chi connectivity index (χ3n) is 4.33. The number of nitrogens with one attached hydrogen (secondary N) is 1. The molecule has 0 aliphatic rings. The topological polar surface area (TPSA) is 55.6 Å².